The Balaban J connectivity index is 1.01. The zero-order valence-electron chi connectivity index (χ0n) is 33.4. The smallest absolute Gasteiger partial charge is 0.136 e. The van der Waals surface area contributed by atoms with E-state index in [0.717, 1.165) is 11.2 Å². The fourth-order valence-corrected chi connectivity index (χ4v) is 10.9. The van der Waals surface area contributed by atoms with E-state index in [1.165, 1.54) is 120 Å². The summed E-state index contributed by atoms with van der Waals surface area (Å²) in [5, 5.41) is 15.0. The standard InChI is InChI=1S/C59H38O/c1-59(2)52-30-26-36(32-50(52)51-33-37-27-31-55-58(49(37)34-53(51)59)48-23-11-12-25-54(48)60-55)39-28-29-47(41-18-6-5-17-40(39)41)57-45-21-9-7-19-43(45)56(44-20-8-10-22-46(44)57)42-24-13-15-35-14-3-4-16-38(35)42/h3-34H,1-2H3. The van der Waals surface area contributed by atoms with Gasteiger partial charge < -0.3 is 4.42 Å². The number of fused-ring (bicyclic) bond motifs is 12. The molecule has 0 radical (unpaired) electrons. The first-order valence-corrected chi connectivity index (χ1v) is 21.0. The minimum Gasteiger partial charge on any atom is -0.456 e. The van der Waals surface area contributed by atoms with Crippen molar-refractivity contribution in [3.05, 3.63) is 205 Å². The van der Waals surface area contributed by atoms with Crippen LogP contribution in [0.5, 0.6) is 0 Å². The van der Waals surface area contributed by atoms with Crippen molar-refractivity contribution in [3.63, 3.8) is 0 Å². The molecule has 0 atom stereocenters. The van der Waals surface area contributed by atoms with E-state index in [1.54, 1.807) is 0 Å². The summed E-state index contributed by atoms with van der Waals surface area (Å²) in [5.41, 5.74) is 14.7. The van der Waals surface area contributed by atoms with Gasteiger partial charge in [-0.25, -0.2) is 0 Å². The second-order valence-electron chi connectivity index (χ2n) is 17.1. The molecule has 1 aliphatic carbocycles. The van der Waals surface area contributed by atoms with Crippen molar-refractivity contribution in [2.75, 3.05) is 0 Å². The molecular formula is C59H38O. The summed E-state index contributed by atoms with van der Waals surface area (Å²) in [6, 6.07) is 72.0. The third-order valence-corrected chi connectivity index (χ3v) is 13.6. The molecule has 1 heteroatoms. The number of rotatable bonds is 3. The first-order valence-electron chi connectivity index (χ1n) is 21.0. The van der Waals surface area contributed by atoms with Crippen LogP contribution in [0.4, 0.5) is 0 Å². The molecule has 0 N–H and O–H groups in total. The van der Waals surface area contributed by atoms with Gasteiger partial charge in [0.1, 0.15) is 11.2 Å². The van der Waals surface area contributed by atoms with Crippen molar-refractivity contribution in [1.29, 1.82) is 0 Å². The van der Waals surface area contributed by atoms with E-state index in [1.807, 2.05) is 6.07 Å². The van der Waals surface area contributed by atoms with Gasteiger partial charge in [0.05, 0.1) is 0 Å². The van der Waals surface area contributed by atoms with Gasteiger partial charge in [0.2, 0.25) is 0 Å². The summed E-state index contributed by atoms with van der Waals surface area (Å²) >= 11 is 0. The zero-order valence-corrected chi connectivity index (χ0v) is 33.4. The minimum atomic E-state index is -0.147. The van der Waals surface area contributed by atoms with Crippen LogP contribution in [0.1, 0.15) is 25.0 Å². The molecule has 13 rings (SSSR count). The van der Waals surface area contributed by atoms with Crippen LogP contribution in [0.15, 0.2) is 199 Å². The highest BCUT2D eigenvalue weighted by Gasteiger charge is 2.36. The molecule has 0 fully saturated rings. The normalized spacial score (nSPS) is 13.3. The summed E-state index contributed by atoms with van der Waals surface area (Å²) in [6.45, 7) is 4.75. The molecule has 280 valence electrons. The van der Waals surface area contributed by atoms with E-state index >= 15 is 0 Å². The second kappa shape index (κ2) is 12.3. The number of hydrogen-bond donors (Lipinski definition) is 0. The molecule has 0 saturated carbocycles. The lowest BCUT2D eigenvalue weighted by Gasteiger charge is -2.22. The monoisotopic (exact) mass is 762 g/mol. The van der Waals surface area contributed by atoms with E-state index in [9.17, 15) is 0 Å². The van der Waals surface area contributed by atoms with E-state index in [0.29, 0.717) is 0 Å². The van der Waals surface area contributed by atoms with Crippen molar-refractivity contribution in [2.45, 2.75) is 19.3 Å². The van der Waals surface area contributed by atoms with Crippen LogP contribution >= 0.6 is 0 Å². The van der Waals surface area contributed by atoms with Crippen molar-refractivity contribution in [2.24, 2.45) is 0 Å². The Morgan fingerprint density at radius 1 is 0.317 bits per heavy atom. The quantitative estimate of drug-likeness (QED) is 0.163. The van der Waals surface area contributed by atoms with E-state index in [4.69, 9.17) is 4.42 Å². The van der Waals surface area contributed by atoms with Gasteiger partial charge in [-0.15, -0.1) is 0 Å². The molecule has 11 aromatic carbocycles. The van der Waals surface area contributed by atoms with Gasteiger partial charge in [0.25, 0.3) is 0 Å². The predicted molar refractivity (Wildman–Crippen MR) is 255 cm³/mol. The van der Waals surface area contributed by atoms with E-state index in [-0.39, 0.29) is 5.41 Å². The van der Waals surface area contributed by atoms with Gasteiger partial charge >= 0.3 is 0 Å². The summed E-state index contributed by atoms with van der Waals surface area (Å²) in [5.74, 6) is 0. The third kappa shape index (κ3) is 4.58. The van der Waals surface area contributed by atoms with Crippen LogP contribution < -0.4 is 0 Å². The fraction of sp³-hybridized carbons (Fsp3) is 0.0508. The van der Waals surface area contributed by atoms with Gasteiger partial charge in [-0.2, -0.15) is 0 Å². The molecule has 0 aliphatic heterocycles. The third-order valence-electron chi connectivity index (χ3n) is 13.6. The molecule has 0 amide bonds. The van der Waals surface area contributed by atoms with Crippen LogP contribution in [0.25, 0.3) is 120 Å². The highest BCUT2D eigenvalue weighted by Crippen LogP contribution is 2.53. The highest BCUT2D eigenvalue weighted by atomic mass is 16.3. The number of para-hydroxylation sites is 1. The van der Waals surface area contributed by atoms with Crippen molar-refractivity contribution >= 4 is 75.8 Å². The SMILES string of the molecule is CC1(C)c2ccc(-c3ccc(-c4c5ccccc5c(-c5cccc6ccccc56)c5ccccc45)c4ccccc34)cc2-c2cc3ccc4oc5ccccc5c4c3cc21. The van der Waals surface area contributed by atoms with Crippen molar-refractivity contribution in [1.82, 2.24) is 0 Å². The zero-order chi connectivity index (χ0) is 39.7. The van der Waals surface area contributed by atoms with E-state index < -0.39 is 0 Å². The lowest BCUT2D eigenvalue weighted by molar-refractivity contribution is 0.661. The number of benzene rings is 11. The Kier molecular flexibility index (Phi) is 6.85. The van der Waals surface area contributed by atoms with Crippen LogP contribution in [0.3, 0.4) is 0 Å². The predicted octanol–water partition coefficient (Wildman–Crippen LogP) is 16.7. The fourth-order valence-electron chi connectivity index (χ4n) is 10.9. The molecule has 1 heterocycles. The average Bonchev–Trinajstić information content (AvgIpc) is 3.78. The molecule has 0 unspecified atom stereocenters. The summed E-state index contributed by atoms with van der Waals surface area (Å²) < 4.78 is 6.31. The van der Waals surface area contributed by atoms with Gasteiger partial charge in [-0.1, -0.05) is 178 Å². The molecule has 0 bridgehead atoms. The first-order chi connectivity index (χ1) is 29.5. The molecule has 0 saturated heterocycles. The Hall–Kier alpha value is -7.48. The summed E-state index contributed by atoms with van der Waals surface area (Å²) in [4.78, 5) is 0. The van der Waals surface area contributed by atoms with Gasteiger partial charge in [-0.3, -0.25) is 0 Å². The second-order valence-corrected chi connectivity index (χ2v) is 17.1. The Morgan fingerprint density at radius 3 is 1.58 bits per heavy atom. The molecule has 12 aromatic rings. The molecule has 1 nitrogen and oxygen atoms in total. The Bertz CT molecular complexity index is 3740. The minimum absolute atomic E-state index is 0.147. The van der Waals surface area contributed by atoms with Gasteiger partial charge in [0.15, 0.2) is 0 Å². The number of hydrogen-bond acceptors (Lipinski definition) is 1. The molecular weight excluding hydrogens is 725 g/mol. The summed E-state index contributed by atoms with van der Waals surface area (Å²) in [6.07, 6.45) is 0. The molecule has 0 spiro atoms. The van der Waals surface area contributed by atoms with Crippen LogP contribution in [-0.2, 0) is 5.41 Å². The van der Waals surface area contributed by atoms with Gasteiger partial charge in [-0.05, 0) is 140 Å². The summed E-state index contributed by atoms with van der Waals surface area (Å²) in [7, 11) is 0. The Morgan fingerprint density at radius 2 is 0.867 bits per heavy atom. The van der Waals surface area contributed by atoms with Crippen LogP contribution in [-0.4, -0.2) is 0 Å². The maximum Gasteiger partial charge on any atom is 0.136 e. The van der Waals surface area contributed by atoms with Crippen LogP contribution in [0.2, 0.25) is 0 Å². The maximum absolute atomic E-state index is 6.31. The van der Waals surface area contributed by atoms with Crippen molar-refractivity contribution < 1.29 is 4.42 Å². The number of furan rings is 1. The topological polar surface area (TPSA) is 13.1 Å². The largest absolute Gasteiger partial charge is 0.456 e. The highest BCUT2D eigenvalue weighted by molar-refractivity contribution is 6.26. The van der Waals surface area contributed by atoms with E-state index in [2.05, 4.69) is 202 Å². The first kappa shape index (κ1) is 33.5. The molecule has 60 heavy (non-hydrogen) atoms. The maximum atomic E-state index is 6.31. The van der Waals surface area contributed by atoms with Crippen LogP contribution in [0, 0.1) is 0 Å². The average molecular weight is 763 g/mol. The molecule has 1 aromatic heterocycles. The van der Waals surface area contributed by atoms with Crippen molar-refractivity contribution in [3.8, 4) is 44.5 Å². The lowest BCUT2D eigenvalue weighted by Crippen LogP contribution is -2.14. The lowest BCUT2D eigenvalue weighted by atomic mass is 9.81. The Labute approximate surface area is 347 Å². The van der Waals surface area contributed by atoms with Gasteiger partial charge in [0, 0.05) is 16.2 Å². The molecule has 1 aliphatic rings.